The molecule has 1 aromatic rings. The molecule has 1 rings (SSSR count). The summed E-state index contributed by atoms with van der Waals surface area (Å²) < 4.78 is 35.0. The van der Waals surface area contributed by atoms with Gasteiger partial charge in [-0.15, -0.1) is 0 Å². The zero-order valence-electron chi connectivity index (χ0n) is 15.5. The molecular formula is C16H28N4O4S. The van der Waals surface area contributed by atoms with Gasteiger partial charge >= 0.3 is 0 Å². The Bertz CT molecular complexity index is 677. The molecule has 0 aliphatic rings. The zero-order valence-corrected chi connectivity index (χ0v) is 16.3. The van der Waals surface area contributed by atoms with Crippen molar-refractivity contribution in [2.75, 3.05) is 52.5 Å². The SMILES string of the molecule is CCN(CCCNC(=NC)Nc1ccc(OC)c(OC)c1)S(C)(=O)=O. The molecule has 0 aromatic heterocycles. The van der Waals surface area contributed by atoms with Crippen LogP contribution in [0.2, 0.25) is 0 Å². The lowest BCUT2D eigenvalue weighted by atomic mass is 10.2. The Morgan fingerprint density at radius 2 is 1.92 bits per heavy atom. The van der Waals surface area contributed by atoms with Crippen LogP contribution in [0.3, 0.4) is 0 Å². The van der Waals surface area contributed by atoms with Crippen molar-refractivity contribution in [2.45, 2.75) is 13.3 Å². The molecule has 0 radical (unpaired) electrons. The van der Waals surface area contributed by atoms with Gasteiger partial charge in [0.25, 0.3) is 0 Å². The van der Waals surface area contributed by atoms with Gasteiger partial charge in [0.05, 0.1) is 20.5 Å². The van der Waals surface area contributed by atoms with Crippen LogP contribution in [0.4, 0.5) is 5.69 Å². The van der Waals surface area contributed by atoms with Gasteiger partial charge in [-0.2, -0.15) is 0 Å². The Balaban J connectivity index is 2.56. The maximum atomic E-state index is 11.5. The van der Waals surface area contributed by atoms with E-state index in [0.29, 0.717) is 43.5 Å². The predicted molar refractivity (Wildman–Crippen MR) is 101 cm³/mol. The van der Waals surface area contributed by atoms with Crippen molar-refractivity contribution in [3.8, 4) is 11.5 Å². The van der Waals surface area contributed by atoms with E-state index in [1.807, 2.05) is 19.1 Å². The number of anilines is 1. The summed E-state index contributed by atoms with van der Waals surface area (Å²) in [4.78, 5) is 4.16. The predicted octanol–water partition coefficient (Wildman–Crippen LogP) is 1.36. The first-order valence-corrected chi connectivity index (χ1v) is 9.85. The van der Waals surface area contributed by atoms with Crippen LogP contribution in [0.5, 0.6) is 11.5 Å². The second-order valence-electron chi connectivity index (χ2n) is 5.30. The molecule has 0 heterocycles. The molecule has 0 bridgehead atoms. The number of rotatable bonds is 9. The average molecular weight is 372 g/mol. The molecular weight excluding hydrogens is 344 g/mol. The summed E-state index contributed by atoms with van der Waals surface area (Å²) in [5.74, 6) is 1.86. The van der Waals surface area contributed by atoms with Crippen LogP contribution in [-0.2, 0) is 10.0 Å². The summed E-state index contributed by atoms with van der Waals surface area (Å²) in [6.45, 7) is 3.36. The summed E-state index contributed by atoms with van der Waals surface area (Å²) in [5, 5.41) is 6.32. The first kappa shape index (κ1) is 21.0. The van der Waals surface area contributed by atoms with E-state index in [4.69, 9.17) is 9.47 Å². The van der Waals surface area contributed by atoms with Crippen molar-refractivity contribution in [3.63, 3.8) is 0 Å². The molecule has 0 unspecified atom stereocenters. The van der Waals surface area contributed by atoms with Gasteiger partial charge in [0.15, 0.2) is 17.5 Å². The first-order valence-electron chi connectivity index (χ1n) is 8.00. The van der Waals surface area contributed by atoms with Crippen molar-refractivity contribution >= 4 is 21.7 Å². The van der Waals surface area contributed by atoms with E-state index in [0.717, 1.165) is 5.69 Å². The number of sulfonamides is 1. The largest absolute Gasteiger partial charge is 0.493 e. The molecule has 0 fully saturated rings. The topological polar surface area (TPSA) is 92.3 Å². The molecule has 0 amide bonds. The van der Waals surface area contributed by atoms with Crippen LogP contribution >= 0.6 is 0 Å². The van der Waals surface area contributed by atoms with E-state index in [1.165, 1.54) is 10.6 Å². The van der Waals surface area contributed by atoms with Crippen LogP contribution in [0, 0.1) is 0 Å². The molecule has 0 aliphatic carbocycles. The lowest BCUT2D eigenvalue weighted by Gasteiger charge is -2.18. The average Bonchev–Trinajstić information content (AvgIpc) is 2.59. The van der Waals surface area contributed by atoms with E-state index in [1.54, 1.807) is 27.3 Å². The van der Waals surface area contributed by atoms with E-state index in [2.05, 4.69) is 15.6 Å². The van der Waals surface area contributed by atoms with Gasteiger partial charge in [-0.05, 0) is 18.6 Å². The fourth-order valence-electron chi connectivity index (χ4n) is 2.25. The van der Waals surface area contributed by atoms with Gasteiger partial charge in [-0.25, -0.2) is 12.7 Å². The molecule has 0 atom stereocenters. The van der Waals surface area contributed by atoms with Crippen molar-refractivity contribution in [3.05, 3.63) is 18.2 Å². The monoisotopic (exact) mass is 372 g/mol. The Kier molecular flexibility index (Phi) is 8.50. The first-order chi connectivity index (χ1) is 11.8. The van der Waals surface area contributed by atoms with Gasteiger partial charge in [-0.1, -0.05) is 6.92 Å². The van der Waals surface area contributed by atoms with E-state index in [9.17, 15) is 8.42 Å². The van der Waals surface area contributed by atoms with Crippen molar-refractivity contribution in [2.24, 2.45) is 4.99 Å². The summed E-state index contributed by atoms with van der Waals surface area (Å²) in [6.07, 6.45) is 1.90. The Labute approximate surface area is 150 Å². The molecule has 0 aliphatic heterocycles. The molecule has 0 spiro atoms. The maximum absolute atomic E-state index is 11.5. The number of aliphatic imine (C=N–C) groups is 1. The highest BCUT2D eigenvalue weighted by Crippen LogP contribution is 2.29. The van der Waals surface area contributed by atoms with Crippen LogP contribution in [0.25, 0.3) is 0 Å². The summed E-state index contributed by atoms with van der Waals surface area (Å²) in [5.41, 5.74) is 0.803. The van der Waals surface area contributed by atoms with Crippen molar-refractivity contribution in [1.82, 2.24) is 9.62 Å². The lowest BCUT2D eigenvalue weighted by molar-refractivity contribution is 0.355. The maximum Gasteiger partial charge on any atom is 0.211 e. The van der Waals surface area contributed by atoms with Crippen LogP contribution < -0.4 is 20.1 Å². The lowest BCUT2D eigenvalue weighted by Crippen LogP contribution is -2.35. The standard InChI is InChI=1S/C16H28N4O4S/c1-6-20(25(5,21)22)11-7-10-18-16(17-2)19-13-8-9-14(23-3)15(12-13)24-4/h8-9,12H,6-7,10-11H2,1-5H3,(H2,17,18,19). The normalized spacial score (nSPS) is 12.2. The highest BCUT2D eigenvalue weighted by atomic mass is 32.2. The Hall–Kier alpha value is -2.00. The number of nitrogens with one attached hydrogen (secondary N) is 2. The Morgan fingerprint density at radius 1 is 1.24 bits per heavy atom. The van der Waals surface area contributed by atoms with Crippen molar-refractivity contribution in [1.29, 1.82) is 0 Å². The third-order valence-electron chi connectivity index (χ3n) is 3.57. The van der Waals surface area contributed by atoms with Gasteiger partial charge in [0.2, 0.25) is 10.0 Å². The number of nitrogens with zero attached hydrogens (tertiary/aromatic N) is 2. The minimum Gasteiger partial charge on any atom is -0.493 e. The van der Waals surface area contributed by atoms with Gasteiger partial charge in [0.1, 0.15) is 0 Å². The molecule has 25 heavy (non-hydrogen) atoms. The number of ether oxygens (including phenoxy) is 2. The number of hydrogen-bond donors (Lipinski definition) is 2. The molecule has 0 saturated carbocycles. The third kappa shape index (κ3) is 6.79. The third-order valence-corrected chi connectivity index (χ3v) is 4.95. The van der Waals surface area contributed by atoms with Crippen LogP contribution in [-0.4, -0.2) is 65.8 Å². The summed E-state index contributed by atoms with van der Waals surface area (Å²) in [7, 11) is 1.69. The van der Waals surface area contributed by atoms with Gasteiger partial charge in [-0.3, -0.25) is 4.99 Å². The zero-order chi connectivity index (χ0) is 18.9. The number of methoxy groups -OCH3 is 2. The highest BCUT2D eigenvalue weighted by Gasteiger charge is 2.13. The smallest absolute Gasteiger partial charge is 0.211 e. The fraction of sp³-hybridized carbons (Fsp3) is 0.562. The highest BCUT2D eigenvalue weighted by molar-refractivity contribution is 7.88. The molecule has 142 valence electrons. The second kappa shape index (κ2) is 10.1. The molecule has 8 nitrogen and oxygen atoms in total. The van der Waals surface area contributed by atoms with Gasteiger partial charge < -0.3 is 20.1 Å². The number of guanidine groups is 1. The van der Waals surface area contributed by atoms with Crippen molar-refractivity contribution < 1.29 is 17.9 Å². The van der Waals surface area contributed by atoms with Gasteiger partial charge in [0, 0.05) is 38.4 Å². The Morgan fingerprint density at radius 3 is 2.44 bits per heavy atom. The van der Waals surface area contributed by atoms with Crippen LogP contribution in [0.15, 0.2) is 23.2 Å². The summed E-state index contributed by atoms with van der Waals surface area (Å²) in [6, 6.07) is 5.48. The molecule has 9 heteroatoms. The minimum absolute atomic E-state index is 0.468. The quantitative estimate of drug-likeness (QED) is 0.386. The van der Waals surface area contributed by atoms with E-state index >= 15 is 0 Å². The summed E-state index contributed by atoms with van der Waals surface area (Å²) >= 11 is 0. The van der Waals surface area contributed by atoms with E-state index in [-0.39, 0.29) is 0 Å². The number of hydrogen-bond acceptors (Lipinski definition) is 5. The number of benzene rings is 1. The molecule has 0 saturated heterocycles. The molecule has 2 N–H and O–H groups in total. The van der Waals surface area contributed by atoms with Crippen LogP contribution in [0.1, 0.15) is 13.3 Å². The molecule has 1 aromatic carbocycles. The fourth-order valence-corrected chi connectivity index (χ4v) is 3.18. The second-order valence-corrected chi connectivity index (χ2v) is 7.28. The minimum atomic E-state index is -3.15. The van der Waals surface area contributed by atoms with E-state index < -0.39 is 10.0 Å².